The normalized spacial score (nSPS) is 14.4. The zero-order chi connectivity index (χ0) is 41.4. The Kier molecular flexibility index (Phi) is 19.1. The molecule has 14 nitrogen and oxygen atoms in total. The summed E-state index contributed by atoms with van der Waals surface area (Å²) in [6.45, 7) is 8.94. The molecule has 296 valence electrons. The average molecular weight is 866 g/mol. The Balaban J connectivity index is 0.000000433. The number of azo groups is 1. The largest absolute Gasteiger partial charge is 1.00 e. The van der Waals surface area contributed by atoms with Gasteiger partial charge in [0.05, 0.1) is 31.8 Å². The first-order valence-electron chi connectivity index (χ1n) is 17.1. The maximum absolute atomic E-state index is 12.2. The van der Waals surface area contributed by atoms with Crippen LogP contribution < -0.4 is 69.3 Å². The predicted molar refractivity (Wildman–Crippen MR) is 216 cm³/mol. The van der Waals surface area contributed by atoms with Crippen LogP contribution in [0.2, 0.25) is 0 Å². The number of hydrogen-bond acceptors (Lipinski definition) is 13. The maximum atomic E-state index is 12.2. The van der Waals surface area contributed by atoms with Gasteiger partial charge in [0.25, 0.3) is 10.1 Å². The minimum Gasteiger partial charge on any atom is -0.744 e. The van der Waals surface area contributed by atoms with Crippen molar-refractivity contribution in [1.29, 1.82) is 0 Å². The summed E-state index contributed by atoms with van der Waals surface area (Å²) in [5, 5.41) is 11.3. The third-order valence-corrected chi connectivity index (χ3v) is 10.8. The quantitative estimate of drug-likeness (QED) is 0.125. The third-order valence-electron chi connectivity index (χ3n) is 8.26. The molecule has 0 unspecified atom stereocenters. The van der Waals surface area contributed by atoms with Crippen LogP contribution in [0.4, 0.5) is 22.7 Å². The molecule has 1 aliphatic carbocycles. The summed E-state index contributed by atoms with van der Waals surface area (Å²) in [4.78, 5) is 4.67. The molecule has 0 saturated heterocycles. The monoisotopic (exact) mass is 865 g/mol. The fourth-order valence-electron chi connectivity index (χ4n) is 5.53. The molecule has 0 saturated carbocycles. The molecule has 0 amide bonds. The molecule has 0 bridgehead atoms. The van der Waals surface area contributed by atoms with Gasteiger partial charge in [-0.05, 0) is 140 Å². The van der Waals surface area contributed by atoms with E-state index >= 15 is 0 Å². The van der Waals surface area contributed by atoms with E-state index < -0.39 is 40.1 Å². The van der Waals surface area contributed by atoms with E-state index in [0.717, 1.165) is 34.3 Å². The van der Waals surface area contributed by atoms with Crippen molar-refractivity contribution in [1.82, 2.24) is 0 Å². The summed E-state index contributed by atoms with van der Waals surface area (Å²) in [7, 11) is -10.4. The van der Waals surface area contributed by atoms with Gasteiger partial charge in [0.15, 0.2) is 0 Å². The van der Waals surface area contributed by atoms with Crippen molar-refractivity contribution in [2.75, 3.05) is 37.4 Å². The van der Waals surface area contributed by atoms with Crippen molar-refractivity contribution >= 4 is 64.4 Å². The Morgan fingerprint density at radius 3 is 1.78 bits per heavy atom. The fourth-order valence-corrected chi connectivity index (χ4v) is 7.30. The van der Waals surface area contributed by atoms with Gasteiger partial charge in [-0.15, -0.1) is 0 Å². The first kappa shape index (κ1) is 50.8. The van der Waals surface area contributed by atoms with Crippen LogP contribution in [0.1, 0.15) is 37.5 Å². The second kappa shape index (κ2) is 21.8. The first-order chi connectivity index (χ1) is 26.2. The summed E-state index contributed by atoms with van der Waals surface area (Å²) < 4.78 is 102. The number of nitrogens with zero attached hydrogens (tertiary/aromatic N) is 4. The number of aryl methyl sites for hydroxylation is 1. The van der Waals surface area contributed by atoms with Gasteiger partial charge in [0, 0.05) is 44.1 Å². The molecule has 19 heteroatoms. The van der Waals surface area contributed by atoms with Crippen LogP contribution in [0.15, 0.2) is 144 Å². The minimum absolute atomic E-state index is 0. The number of hydrogen-bond donors (Lipinski definition) is 2. The number of nitrogens with one attached hydrogen (secondary N) is 1. The molecule has 4 aromatic carbocycles. The van der Waals surface area contributed by atoms with Crippen LogP contribution in [0.5, 0.6) is 0 Å². The Bertz CT molecular complexity index is 2590. The van der Waals surface area contributed by atoms with E-state index in [1.54, 1.807) is 18.2 Å². The molecule has 0 aliphatic heterocycles. The van der Waals surface area contributed by atoms with Gasteiger partial charge >= 0.3 is 59.1 Å². The van der Waals surface area contributed by atoms with Gasteiger partial charge in [-0.3, -0.25) is 9.55 Å². The topological polar surface area (TPSA) is 221 Å². The number of anilines is 2. The van der Waals surface area contributed by atoms with Crippen LogP contribution in [0, 0.1) is 6.92 Å². The van der Waals surface area contributed by atoms with E-state index in [0.29, 0.717) is 47.2 Å². The van der Waals surface area contributed by atoms with Crippen molar-refractivity contribution in [3.63, 3.8) is 0 Å². The number of allylic oxidation sites excluding steroid dienone is 5. The zero-order valence-corrected chi connectivity index (χ0v) is 39.9. The molecule has 4 aromatic rings. The maximum Gasteiger partial charge on any atom is 1.00 e. The second-order valence-corrected chi connectivity index (χ2v) is 16.7. The van der Waals surface area contributed by atoms with Gasteiger partial charge < -0.3 is 19.3 Å². The molecular weight excluding hydrogens is 825 g/mol. The molecule has 0 spiro atoms. The van der Waals surface area contributed by atoms with Crippen molar-refractivity contribution in [3.8, 4) is 0 Å². The Morgan fingerprint density at radius 1 is 0.741 bits per heavy atom. The molecule has 0 atom stereocenters. The Labute approximate surface area is 384 Å². The van der Waals surface area contributed by atoms with Crippen LogP contribution in [0.25, 0.3) is 5.57 Å². The van der Waals surface area contributed by atoms with Crippen LogP contribution >= 0.6 is 0 Å². The van der Waals surface area contributed by atoms with Crippen molar-refractivity contribution in [2.24, 2.45) is 15.2 Å². The summed E-state index contributed by atoms with van der Waals surface area (Å²) in [6.07, 6.45) is 5.40. The second-order valence-electron chi connectivity index (χ2n) is 12.6. The smallest absolute Gasteiger partial charge is 0.744 e. The third kappa shape index (κ3) is 13.9. The first-order valence-corrected chi connectivity index (χ1v) is 21.3. The van der Waals surface area contributed by atoms with Crippen LogP contribution in [-0.2, 0) is 30.4 Å². The van der Waals surface area contributed by atoms with E-state index in [1.165, 1.54) is 30.3 Å². The number of rotatable bonds is 11. The average Bonchev–Trinajstić information content (AvgIpc) is 3.12. The van der Waals surface area contributed by atoms with E-state index in [9.17, 15) is 34.4 Å². The predicted octanol–water partition coefficient (Wildman–Crippen LogP) is 1.44. The van der Waals surface area contributed by atoms with Crippen molar-refractivity contribution in [2.45, 2.75) is 42.4 Å². The standard InChI is InChI=1S/C25H28N2O6S2.C14H15N3O3S.2Na/c1-5-26-22-11-7-18(13-16(22)3)25(19-8-12-23(27-6-2)17(4)14-19)21-10-9-20(34(28,29)30)15-24(21)35(31,32)33;1-17(2)13-7-3-11(4-8-13)15-16-12-5-9-14(10-6-12)21(18,19)20;;/h7-15,26H,5-6H2,1-4H3,(H,28,29,30)(H,31,32,33);3-10H,1-2H3,(H,18,19,20);;/q;;2*+1/p-2. The van der Waals surface area contributed by atoms with Crippen LogP contribution in [-0.4, -0.2) is 71.8 Å². The molecule has 0 radical (unpaired) electrons. The molecule has 0 aromatic heterocycles. The molecule has 2 N–H and O–H groups in total. The summed E-state index contributed by atoms with van der Waals surface area (Å²) in [6, 6.07) is 21.4. The molecule has 5 rings (SSSR count). The zero-order valence-electron chi connectivity index (χ0n) is 33.5. The molecule has 0 fully saturated rings. The summed E-state index contributed by atoms with van der Waals surface area (Å²) in [5.74, 6) is 0. The van der Waals surface area contributed by atoms with Crippen molar-refractivity contribution < 1.29 is 98.0 Å². The van der Waals surface area contributed by atoms with Gasteiger partial charge in [-0.25, -0.2) is 16.8 Å². The van der Waals surface area contributed by atoms with E-state index in [1.807, 2.05) is 89.2 Å². The number of aliphatic imine (C=N–C) groups is 1. The van der Waals surface area contributed by atoms with Gasteiger partial charge in [-0.1, -0.05) is 18.2 Å². The summed E-state index contributed by atoms with van der Waals surface area (Å²) >= 11 is 0. The number of benzene rings is 4. The fraction of sp³-hybridized carbons (Fsp3) is 0.205. The van der Waals surface area contributed by atoms with Gasteiger partial charge in [-0.2, -0.15) is 18.6 Å². The van der Waals surface area contributed by atoms with E-state index in [2.05, 4.69) is 20.5 Å². The Morgan fingerprint density at radius 2 is 1.31 bits per heavy atom. The molecule has 58 heavy (non-hydrogen) atoms. The SMILES string of the molecule is CCN=C1C=CC(=C(c2ccc(NCC)c(C)c2)c2ccc(S(=O)(=O)[O-])cc2S(=O)(=O)[O-])C=C1C.CN(C)c1ccc(N=Nc2ccc(S(=O)(=O)O)cc2)cc1.[Na+].[Na+]. The van der Waals surface area contributed by atoms with Gasteiger partial charge in [0.1, 0.15) is 20.2 Å². The van der Waals surface area contributed by atoms with Crippen molar-refractivity contribution in [3.05, 3.63) is 131 Å². The van der Waals surface area contributed by atoms with E-state index in [4.69, 9.17) is 4.55 Å². The van der Waals surface area contributed by atoms with Crippen LogP contribution in [0.3, 0.4) is 0 Å². The molecular formula is C39H41N5Na2O9S3. The van der Waals surface area contributed by atoms with Gasteiger partial charge in [0.2, 0.25) is 0 Å². The molecule has 0 heterocycles. The summed E-state index contributed by atoms with van der Waals surface area (Å²) in [5.41, 5.74) is 7.29. The molecule has 1 aliphatic rings. The Hall–Kier alpha value is -3.30. The minimum atomic E-state index is -5.14. The van der Waals surface area contributed by atoms with E-state index in [-0.39, 0.29) is 69.6 Å².